The van der Waals surface area contributed by atoms with Crippen LogP contribution in [0.2, 0.25) is 0 Å². The van der Waals surface area contributed by atoms with Crippen LogP contribution in [0.3, 0.4) is 0 Å². The Labute approximate surface area is 130 Å². The van der Waals surface area contributed by atoms with Gasteiger partial charge in [0.25, 0.3) is 5.91 Å². The molecule has 0 heterocycles. The minimum absolute atomic E-state index is 0.167. The summed E-state index contributed by atoms with van der Waals surface area (Å²) in [6.45, 7) is 0. The predicted octanol–water partition coefficient (Wildman–Crippen LogP) is 2.99. The molecule has 0 spiro atoms. The molecule has 5 heteroatoms. The molecular formula is C17H21N3O2. The third-order valence-electron chi connectivity index (χ3n) is 3.88. The number of carbonyl (C=O) groups excluding carboxylic acids is 2. The summed E-state index contributed by atoms with van der Waals surface area (Å²) in [6.07, 6.45) is 6.54. The number of para-hydroxylation sites is 1. The molecule has 0 unspecified atom stereocenters. The highest BCUT2D eigenvalue weighted by Crippen LogP contribution is 2.19. The van der Waals surface area contributed by atoms with E-state index in [0.29, 0.717) is 11.3 Å². The second-order valence-corrected chi connectivity index (χ2v) is 5.59. The Bertz CT molecular complexity index is 570. The number of anilines is 1. The van der Waals surface area contributed by atoms with E-state index in [1.807, 2.05) is 0 Å². The van der Waals surface area contributed by atoms with Crippen molar-refractivity contribution in [3.8, 4) is 6.07 Å². The smallest absolute Gasteiger partial charge is 0.253 e. The molecule has 0 bridgehead atoms. The van der Waals surface area contributed by atoms with Gasteiger partial charge in [-0.05, 0) is 25.0 Å². The number of hydrogen-bond donors (Lipinski definition) is 2. The summed E-state index contributed by atoms with van der Waals surface area (Å²) in [6, 6.07) is 8.89. The molecule has 1 saturated carbocycles. The first-order valence-corrected chi connectivity index (χ1v) is 7.77. The Hall–Kier alpha value is -2.35. The van der Waals surface area contributed by atoms with Gasteiger partial charge in [0.2, 0.25) is 5.91 Å². The summed E-state index contributed by atoms with van der Waals surface area (Å²) in [5.41, 5.74) is 0.895. The van der Waals surface area contributed by atoms with Crippen LogP contribution in [0.1, 0.15) is 55.3 Å². The number of nitriles is 1. The maximum Gasteiger partial charge on any atom is 0.253 e. The third-order valence-corrected chi connectivity index (χ3v) is 3.88. The van der Waals surface area contributed by atoms with Gasteiger partial charge in [0.05, 0.1) is 17.3 Å². The molecule has 0 aromatic heterocycles. The summed E-state index contributed by atoms with van der Waals surface area (Å²) in [5, 5.41) is 14.2. The zero-order valence-electron chi connectivity index (χ0n) is 12.6. The zero-order valence-corrected chi connectivity index (χ0v) is 12.6. The zero-order chi connectivity index (χ0) is 15.8. The minimum atomic E-state index is -0.405. The van der Waals surface area contributed by atoms with E-state index in [-0.39, 0.29) is 18.4 Å². The SMILES string of the molecule is N#CCC(=O)Nc1ccccc1C(=O)NC1CCCCCC1. The number of carbonyl (C=O) groups is 2. The van der Waals surface area contributed by atoms with Crippen molar-refractivity contribution < 1.29 is 9.59 Å². The quantitative estimate of drug-likeness (QED) is 0.838. The number of benzene rings is 1. The van der Waals surface area contributed by atoms with Gasteiger partial charge in [-0.25, -0.2) is 0 Å². The Morgan fingerprint density at radius 1 is 1.14 bits per heavy atom. The maximum absolute atomic E-state index is 12.5. The van der Waals surface area contributed by atoms with E-state index in [0.717, 1.165) is 25.7 Å². The van der Waals surface area contributed by atoms with E-state index in [2.05, 4.69) is 10.6 Å². The van der Waals surface area contributed by atoms with Gasteiger partial charge in [0, 0.05) is 6.04 Å². The van der Waals surface area contributed by atoms with Gasteiger partial charge in [-0.1, -0.05) is 37.8 Å². The van der Waals surface area contributed by atoms with Crippen LogP contribution in [-0.2, 0) is 4.79 Å². The normalized spacial score (nSPS) is 15.4. The Kier molecular flexibility index (Phi) is 5.96. The molecule has 1 aliphatic rings. The van der Waals surface area contributed by atoms with Gasteiger partial charge in [0.1, 0.15) is 6.42 Å². The van der Waals surface area contributed by atoms with E-state index < -0.39 is 5.91 Å². The second kappa shape index (κ2) is 8.18. The first kappa shape index (κ1) is 16.0. The average Bonchev–Trinajstić information content (AvgIpc) is 2.76. The number of nitrogens with one attached hydrogen (secondary N) is 2. The summed E-state index contributed by atoms with van der Waals surface area (Å²) in [4.78, 5) is 24.0. The Morgan fingerprint density at radius 3 is 2.50 bits per heavy atom. The number of rotatable bonds is 4. The van der Waals surface area contributed by atoms with Crippen LogP contribution in [0.25, 0.3) is 0 Å². The standard InChI is InChI=1S/C17H21N3O2/c18-12-11-16(21)20-15-10-6-5-9-14(15)17(22)19-13-7-3-1-2-4-8-13/h5-6,9-10,13H,1-4,7-8,11H2,(H,19,22)(H,20,21). The van der Waals surface area contributed by atoms with Crippen LogP contribution >= 0.6 is 0 Å². The lowest BCUT2D eigenvalue weighted by Crippen LogP contribution is -2.35. The molecule has 5 nitrogen and oxygen atoms in total. The fourth-order valence-electron chi connectivity index (χ4n) is 2.74. The van der Waals surface area contributed by atoms with Gasteiger partial charge in [-0.15, -0.1) is 0 Å². The van der Waals surface area contributed by atoms with Crippen LogP contribution < -0.4 is 10.6 Å². The van der Waals surface area contributed by atoms with Crippen molar-refractivity contribution in [2.45, 2.75) is 51.0 Å². The van der Waals surface area contributed by atoms with E-state index in [4.69, 9.17) is 5.26 Å². The van der Waals surface area contributed by atoms with Crippen LogP contribution in [0.4, 0.5) is 5.69 Å². The summed E-state index contributed by atoms with van der Waals surface area (Å²) < 4.78 is 0. The molecule has 0 radical (unpaired) electrons. The largest absolute Gasteiger partial charge is 0.349 e. The van der Waals surface area contributed by atoms with E-state index in [9.17, 15) is 9.59 Å². The minimum Gasteiger partial charge on any atom is -0.349 e. The van der Waals surface area contributed by atoms with Crippen molar-refractivity contribution >= 4 is 17.5 Å². The van der Waals surface area contributed by atoms with Gasteiger partial charge in [-0.2, -0.15) is 5.26 Å². The highest BCUT2D eigenvalue weighted by atomic mass is 16.2. The molecule has 0 aliphatic heterocycles. The molecule has 1 aliphatic carbocycles. The monoisotopic (exact) mass is 299 g/mol. The lowest BCUT2D eigenvalue weighted by Gasteiger charge is -2.17. The van der Waals surface area contributed by atoms with Crippen LogP contribution in [0.15, 0.2) is 24.3 Å². The van der Waals surface area contributed by atoms with Crippen LogP contribution in [0, 0.1) is 11.3 Å². The van der Waals surface area contributed by atoms with Crippen molar-refractivity contribution in [2.24, 2.45) is 0 Å². The van der Waals surface area contributed by atoms with Gasteiger partial charge in [-0.3, -0.25) is 9.59 Å². The Morgan fingerprint density at radius 2 is 1.82 bits per heavy atom. The summed E-state index contributed by atoms with van der Waals surface area (Å²) in [5.74, 6) is -0.572. The molecule has 2 N–H and O–H groups in total. The highest BCUT2D eigenvalue weighted by molar-refractivity contribution is 6.04. The number of amides is 2. The molecule has 2 rings (SSSR count). The fourth-order valence-corrected chi connectivity index (χ4v) is 2.74. The molecule has 22 heavy (non-hydrogen) atoms. The van der Waals surface area contributed by atoms with Crippen molar-refractivity contribution in [1.29, 1.82) is 5.26 Å². The molecule has 1 fully saturated rings. The molecule has 1 aromatic rings. The van der Waals surface area contributed by atoms with Crippen LogP contribution in [-0.4, -0.2) is 17.9 Å². The van der Waals surface area contributed by atoms with E-state index >= 15 is 0 Å². The highest BCUT2D eigenvalue weighted by Gasteiger charge is 2.18. The molecule has 116 valence electrons. The molecule has 0 atom stereocenters. The third kappa shape index (κ3) is 4.59. The van der Waals surface area contributed by atoms with Gasteiger partial charge in [0.15, 0.2) is 0 Å². The van der Waals surface area contributed by atoms with E-state index in [1.54, 1.807) is 30.3 Å². The van der Waals surface area contributed by atoms with Gasteiger partial charge >= 0.3 is 0 Å². The molecule has 2 amide bonds. The van der Waals surface area contributed by atoms with Crippen molar-refractivity contribution in [2.75, 3.05) is 5.32 Å². The van der Waals surface area contributed by atoms with Crippen LogP contribution in [0.5, 0.6) is 0 Å². The second-order valence-electron chi connectivity index (χ2n) is 5.59. The topological polar surface area (TPSA) is 82.0 Å². The number of hydrogen-bond acceptors (Lipinski definition) is 3. The van der Waals surface area contributed by atoms with Crippen molar-refractivity contribution in [3.63, 3.8) is 0 Å². The molecule has 0 saturated heterocycles. The maximum atomic E-state index is 12.5. The van der Waals surface area contributed by atoms with Crippen molar-refractivity contribution in [1.82, 2.24) is 5.32 Å². The molecular weight excluding hydrogens is 278 g/mol. The average molecular weight is 299 g/mol. The molecule has 1 aromatic carbocycles. The lowest BCUT2D eigenvalue weighted by molar-refractivity contribution is -0.115. The van der Waals surface area contributed by atoms with E-state index in [1.165, 1.54) is 12.8 Å². The van der Waals surface area contributed by atoms with Crippen molar-refractivity contribution in [3.05, 3.63) is 29.8 Å². The summed E-state index contributed by atoms with van der Waals surface area (Å²) in [7, 11) is 0. The van der Waals surface area contributed by atoms with Gasteiger partial charge < -0.3 is 10.6 Å². The summed E-state index contributed by atoms with van der Waals surface area (Å²) >= 11 is 0. The fraction of sp³-hybridized carbons (Fsp3) is 0.471. The predicted molar refractivity (Wildman–Crippen MR) is 84.3 cm³/mol. The Balaban J connectivity index is 2.05. The first-order chi connectivity index (χ1) is 10.7. The first-order valence-electron chi connectivity index (χ1n) is 7.77. The number of nitrogens with zero attached hydrogens (tertiary/aromatic N) is 1. The lowest BCUT2D eigenvalue weighted by atomic mass is 10.1.